The molecular weight excluding hydrogens is 408 g/mol. The molecule has 1 aliphatic carbocycles. The third-order valence-electron chi connectivity index (χ3n) is 6.59. The average Bonchev–Trinajstić information content (AvgIpc) is 3.29. The fraction of sp³-hybridized carbons (Fsp3) is 0.417. The van der Waals surface area contributed by atoms with Crippen LogP contribution < -0.4 is 10.5 Å². The molecule has 2 aliphatic rings. The Balaban J connectivity index is 1.29. The Morgan fingerprint density at radius 1 is 1.13 bits per heavy atom. The number of hydrogen-bond donors (Lipinski definition) is 0. The number of piperidine rings is 1. The van der Waals surface area contributed by atoms with Crippen LogP contribution >= 0.6 is 11.3 Å². The molecule has 2 fully saturated rings. The summed E-state index contributed by atoms with van der Waals surface area (Å²) in [5.74, 6) is 0.779. The monoisotopic (exact) mass is 434 g/mol. The van der Waals surface area contributed by atoms with Gasteiger partial charge in [-0.3, -0.25) is 9.59 Å². The fourth-order valence-electron chi connectivity index (χ4n) is 4.84. The summed E-state index contributed by atoms with van der Waals surface area (Å²) in [6, 6.07) is 11.2. The predicted molar refractivity (Wildman–Crippen MR) is 122 cm³/mol. The van der Waals surface area contributed by atoms with E-state index >= 15 is 0 Å². The molecule has 0 N–H and O–H groups in total. The maximum absolute atomic E-state index is 12.8. The Labute approximate surface area is 185 Å². The van der Waals surface area contributed by atoms with Crippen molar-refractivity contribution in [3.8, 4) is 10.6 Å². The average molecular weight is 435 g/mol. The highest BCUT2D eigenvalue weighted by molar-refractivity contribution is 7.13. The van der Waals surface area contributed by atoms with E-state index in [9.17, 15) is 9.59 Å². The number of benzene rings is 1. The number of hydrogen-bond acceptors (Lipinski definition) is 6. The molecule has 31 heavy (non-hydrogen) atoms. The van der Waals surface area contributed by atoms with Crippen molar-refractivity contribution in [2.75, 3.05) is 18.0 Å². The van der Waals surface area contributed by atoms with E-state index in [1.54, 1.807) is 29.7 Å². The fourth-order valence-corrected chi connectivity index (χ4v) is 5.47. The van der Waals surface area contributed by atoms with Crippen LogP contribution in [0.4, 0.5) is 5.82 Å². The first-order chi connectivity index (χ1) is 15.1. The molecule has 3 aromatic rings. The normalized spacial score (nSPS) is 17.5. The van der Waals surface area contributed by atoms with Gasteiger partial charge >= 0.3 is 0 Å². The van der Waals surface area contributed by atoms with Gasteiger partial charge in [-0.15, -0.1) is 11.3 Å². The number of Topliss-reactive ketones (excluding diaryl/α,β-unsaturated/α-hetero) is 1. The highest BCUT2D eigenvalue weighted by Gasteiger charge is 2.40. The second kappa shape index (κ2) is 8.38. The summed E-state index contributed by atoms with van der Waals surface area (Å²) in [5, 5.41) is 7.43. The topological polar surface area (TPSA) is 68.1 Å². The van der Waals surface area contributed by atoms with Gasteiger partial charge in [0, 0.05) is 42.7 Å². The van der Waals surface area contributed by atoms with E-state index in [-0.39, 0.29) is 24.3 Å². The zero-order valence-electron chi connectivity index (χ0n) is 17.5. The van der Waals surface area contributed by atoms with E-state index in [2.05, 4.69) is 15.0 Å². The van der Waals surface area contributed by atoms with Crippen molar-refractivity contribution in [3.63, 3.8) is 0 Å². The minimum absolute atomic E-state index is 0.00681. The highest BCUT2D eigenvalue weighted by atomic mass is 32.1. The number of aromatic nitrogens is 3. The lowest BCUT2D eigenvalue weighted by Crippen LogP contribution is -2.47. The van der Waals surface area contributed by atoms with Crippen molar-refractivity contribution in [2.24, 2.45) is 5.41 Å². The molecule has 1 saturated carbocycles. The lowest BCUT2D eigenvalue weighted by molar-refractivity contribution is -0.119. The van der Waals surface area contributed by atoms with Crippen molar-refractivity contribution in [1.82, 2.24) is 14.8 Å². The maximum atomic E-state index is 12.8. The Bertz CT molecular complexity index is 1130. The van der Waals surface area contributed by atoms with E-state index in [0.29, 0.717) is 5.41 Å². The van der Waals surface area contributed by atoms with Gasteiger partial charge in [0.05, 0.1) is 0 Å². The molecule has 160 valence electrons. The van der Waals surface area contributed by atoms with Crippen LogP contribution in [0.3, 0.4) is 0 Å². The maximum Gasteiger partial charge on any atom is 0.267 e. The number of carbonyl (C=O) groups is 1. The summed E-state index contributed by atoms with van der Waals surface area (Å²) in [5.41, 5.74) is 2.14. The zero-order chi connectivity index (χ0) is 21.3. The van der Waals surface area contributed by atoms with Gasteiger partial charge in [0.1, 0.15) is 17.4 Å². The SMILES string of the molecule is O=C(Cc1cccc(-c2nccs2)c1)Cn1nc(N2CCCC3(CCC3)C2)ccc1=O. The van der Waals surface area contributed by atoms with Crippen LogP contribution in [0.1, 0.15) is 37.7 Å². The van der Waals surface area contributed by atoms with E-state index < -0.39 is 0 Å². The first-order valence-corrected chi connectivity index (χ1v) is 11.8. The second-order valence-electron chi connectivity index (χ2n) is 8.82. The van der Waals surface area contributed by atoms with Gasteiger partial charge in [-0.05, 0) is 48.8 Å². The van der Waals surface area contributed by atoms with Crippen molar-refractivity contribution < 1.29 is 4.79 Å². The van der Waals surface area contributed by atoms with Crippen LogP contribution in [-0.2, 0) is 17.8 Å². The standard InChI is InChI=1S/C24H26N4O2S/c29-20(15-18-4-1-5-19(14-18)23-25-11-13-31-23)16-28-22(30)7-6-21(26-28)27-12-3-10-24(17-27)8-2-9-24/h1,4-7,11,13-14H,2-3,8-10,12,15-17H2. The molecule has 0 amide bonds. The number of rotatable bonds is 6. The van der Waals surface area contributed by atoms with Gasteiger partial charge in [-0.2, -0.15) is 5.10 Å². The lowest BCUT2D eigenvalue weighted by Gasteiger charge is -2.49. The van der Waals surface area contributed by atoms with E-state index in [1.165, 1.54) is 30.4 Å². The molecule has 2 aromatic heterocycles. The van der Waals surface area contributed by atoms with Gasteiger partial charge in [0.25, 0.3) is 5.56 Å². The molecule has 0 bridgehead atoms. The van der Waals surface area contributed by atoms with Crippen LogP contribution in [0.25, 0.3) is 10.6 Å². The molecule has 7 heteroatoms. The quantitative estimate of drug-likeness (QED) is 0.588. The summed E-state index contributed by atoms with van der Waals surface area (Å²) in [6.45, 7) is 1.97. The Kier molecular flexibility index (Phi) is 5.44. The smallest absolute Gasteiger partial charge is 0.267 e. The van der Waals surface area contributed by atoms with Crippen molar-refractivity contribution >= 4 is 22.9 Å². The number of ketones is 1. The molecule has 3 heterocycles. The molecule has 6 nitrogen and oxygen atoms in total. The molecule has 1 aromatic carbocycles. The minimum Gasteiger partial charge on any atom is -0.355 e. The molecule has 1 spiro atoms. The van der Waals surface area contributed by atoms with Gasteiger partial charge in [0.15, 0.2) is 5.78 Å². The van der Waals surface area contributed by atoms with Crippen molar-refractivity contribution in [1.29, 1.82) is 0 Å². The van der Waals surface area contributed by atoms with Gasteiger partial charge < -0.3 is 4.90 Å². The van der Waals surface area contributed by atoms with Crippen LogP contribution in [0.2, 0.25) is 0 Å². The summed E-state index contributed by atoms with van der Waals surface area (Å²) in [4.78, 5) is 31.7. The van der Waals surface area contributed by atoms with E-state index in [0.717, 1.165) is 41.5 Å². The van der Waals surface area contributed by atoms with Gasteiger partial charge in [-0.25, -0.2) is 9.67 Å². The predicted octanol–water partition coefficient (Wildman–Crippen LogP) is 3.95. The summed E-state index contributed by atoms with van der Waals surface area (Å²) in [6.07, 6.45) is 8.40. The molecular formula is C24H26N4O2S. The van der Waals surface area contributed by atoms with E-state index in [1.807, 2.05) is 29.6 Å². The third kappa shape index (κ3) is 4.32. The Morgan fingerprint density at radius 2 is 2.00 bits per heavy atom. The molecule has 1 aliphatic heterocycles. The number of thiazole rings is 1. The summed E-state index contributed by atoms with van der Waals surface area (Å²) >= 11 is 1.57. The lowest BCUT2D eigenvalue weighted by atomic mass is 9.64. The molecule has 1 saturated heterocycles. The molecule has 0 atom stereocenters. The van der Waals surface area contributed by atoms with Crippen molar-refractivity contribution in [2.45, 2.75) is 45.1 Å². The van der Waals surface area contributed by atoms with Gasteiger partial charge in [-0.1, -0.05) is 24.6 Å². The first kappa shape index (κ1) is 20.1. The first-order valence-electron chi connectivity index (χ1n) is 10.9. The van der Waals surface area contributed by atoms with Crippen LogP contribution in [0.5, 0.6) is 0 Å². The second-order valence-corrected chi connectivity index (χ2v) is 9.71. The van der Waals surface area contributed by atoms with E-state index in [4.69, 9.17) is 0 Å². The largest absolute Gasteiger partial charge is 0.355 e. The molecule has 5 rings (SSSR count). The van der Waals surface area contributed by atoms with Crippen LogP contribution in [-0.4, -0.2) is 33.6 Å². The van der Waals surface area contributed by atoms with Crippen molar-refractivity contribution in [3.05, 3.63) is 63.9 Å². The highest BCUT2D eigenvalue weighted by Crippen LogP contribution is 2.47. The molecule has 0 radical (unpaired) electrons. The third-order valence-corrected chi connectivity index (χ3v) is 7.41. The Morgan fingerprint density at radius 3 is 2.77 bits per heavy atom. The van der Waals surface area contributed by atoms with Gasteiger partial charge in [0.2, 0.25) is 0 Å². The minimum atomic E-state index is -0.232. The number of carbonyl (C=O) groups excluding carboxylic acids is 1. The zero-order valence-corrected chi connectivity index (χ0v) is 18.3. The van der Waals surface area contributed by atoms with Crippen LogP contribution in [0.15, 0.2) is 52.8 Å². The number of anilines is 1. The Hall–Kier alpha value is -2.80. The van der Waals surface area contributed by atoms with Crippen LogP contribution in [0, 0.1) is 5.41 Å². The molecule has 0 unspecified atom stereocenters. The summed E-state index contributed by atoms with van der Waals surface area (Å²) < 4.78 is 1.32. The number of nitrogens with zero attached hydrogens (tertiary/aromatic N) is 4. The summed E-state index contributed by atoms with van der Waals surface area (Å²) in [7, 11) is 0.